The molecule has 0 heterocycles. The molecule has 0 aromatic rings. The predicted octanol–water partition coefficient (Wildman–Crippen LogP) is 0.437. The van der Waals surface area contributed by atoms with Crippen LogP contribution in [0.5, 0.6) is 0 Å². The van der Waals surface area contributed by atoms with E-state index < -0.39 is 11.9 Å². The van der Waals surface area contributed by atoms with E-state index in [1.807, 2.05) is 4.90 Å². The topological polar surface area (TPSA) is 83.6 Å². The van der Waals surface area contributed by atoms with Gasteiger partial charge in [0.2, 0.25) is 5.91 Å². The monoisotopic (exact) mass is 228 g/mol. The Morgan fingerprint density at radius 1 is 1.44 bits per heavy atom. The van der Waals surface area contributed by atoms with E-state index in [1.54, 1.807) is 6.92 Å². The van der Waals surface area contributed by atoms with E-state index in [9.17, 15) is 9.59 Å². The number of hydrogen-bond donors (Lipinski definition) is 2. The SMILES string of the molecule is CC(CN(CC(N)=O)C1CCCC1)C(=O)O. The van der Waals surface area contributed by atoms with Gasteiger partial charge in [0.15, 0.2) is 0 Å². The molecule has 0 aromatic carbocycles. The number of primary amides is 1. The Kier molecular flexibility index (Phi) is 4.73. The molecule has 0 spiro atoms. The Morgan fingerprint density at radius 2 is 2.00 bits per heavy atom. The second-order valence-corrected chi connectivity index (χ2v) is 4.57. The lowest BCUT2D eigenvalue weighted by Crippen LogP contribution is -2.43. The lowest BCUT2D eigenvalue weighted by atomic mass is 10.1. The number of nitrogens with zero attached hydrogens (tertiary/aromatic N) is 1. The number of carboxylic acids is 1. The molecule has 0 bridgehead atoms. The summed E-state index contributed by atoms with van der Waals surface area (Å²) in [6.45, 7) is 2.23. The smallest absolute Gasteiger partial charge is 0.307 e. The Balaban J connectivity index is 2.55. The van der Waals surface area contributed by atoms with Crippen LogP contribution in [0, 0.1) is 5.92 Å². The highest BCUT2D eigenvalue weighted by atomic mass is 16.4. The first-order valence-corrected chi connectivity index (χ1v) is 5.76. The second kappa shape index (κ2) is 5.84. The Hall–Kier alpha value is -1.10. The molecule has 5 nitrogen and oxygen atoms in total. The molecular formula is C11H20N2O3. The summed E-state index contributed by atoms with van der Waals surface area (Å²) in [7, 11) is 0. The number of carbonyl (C=O) groups is 2. The lowest BCUT2D eigenvalue weighted by molar-refractivity contribution is -0.142. The molecule has 1 aliphatic carbocycles. The van der Waals surface area contributed by atoms with Crippen molar-refractivity contribution in [1.29, 1.82) is 0 Å². The Morgan fingerprint density at radius 3 is 2.44 bits per heavy atom. The number of carbonyl (C=O) groups excluding carboxylic acids is 1. The standard InChI is InChI=1S/C11H20N2O3/c1-8(11(15)16)6-13(7-10(12)14)9-4-2-3-5-9/h8-9H,2-7H2,1H3,(H2,12,14)(H,15,16). The Labute approximate surface area is 95.6 Å². The summed E-state index contributed by atoms with van der Waals surface area (Å²) in [6.07, 6.45) is 4.39. The third kappa shape index (κ3) is 3.81. The van der Waals surface area contributed by atoms with Crippen LogP contribution in [0.1, 0.15) is 32.6 Å². The van der Waals surface area contributed by atoms with Gasteiger partial charge in [-0.2, -0.15) is 0 Å². The molecular weight excluding hydrogens is 208 g/mol. The van der Waals surface area contributed by atoms with E-state index in [4.69, 9.17) is 10.8 Å². The van der Waals surface area contributed by atoms with E-state index in [-0.39, 0.29) is 12.5 Å². The highest BCUT2D eigenvalue weighted by molar-refractivity contribution is 5.76. The van der Waals surface area contributed by atoms with Crippen molar-refractivity contribution in [2.24, 2.45) is 11.7 Å². The number of amides is 1. The molecule has 0 aromatic heterocycles. The van der Waals surface area contributed by atoms with Crippen molar-refractivity contribution in [2.75, 3.05) is 13.1 Å². The molecule has 0 aliphatic heterocycles. The van der Waals surface area contributed by atoms with E-state index in [2.05, 4.69) is 0 Å². The van der Waals surface area contributed by atoms with Crippen molar-refractivity contribution in [2.45, 2.75) is 38.6 Å². The summed E-state index contributed by atoms with van der Waals surface area (Å²) >= 11 is 0. The van der Waals surface area contributed by atoms with Gasteiger partial charge in [-0.05, 0) is 12.8 Å². The van der Waals surface area contributed by atoms with Gasteiger partial charge < -0.3 is 10.8 Å². The van der Waals surface area contributed by atoms with Gasteiger partial charge >= 0.3 is 5.97 Å². The van der Waals surface area contributed by atoms with Crippen LogP contribution in [0.4, 0.5) is 0 Å². The highest BCUT2D eigenvalue weighted by Crippen LogP contribution is 2.23. The summed E-state index contributed by atoms with van der Waals surface area (Å²) < 4.78 is 0. The van der Waals surface area contributed by atoms with Crippen molar-refractivity contribution < 1.29 is 14.7 Å². The number of aliphatic carboxylic acids is 1. The van der Waals surface area contributed by atoms with E-state index in [0.717, 1.165) is 25.7 Å². The van der Waals surface area contributed by atoms with Gasteiger partial charge in [0.05, 0.1) is 12.5 Å². The fraction of sp³-hybridized carbons (Fsp3) is 0.818. The number of rotatable bonds is 6. The van der Waals surface area contributed by atoms with Gasteiger partial charge in [-0.1, -0.05) is 19.8 Å². The van der Waals surface area contributed by atoms with Gasteiger partial charge in [-0.25, -0.2) is 0 Å². The molecule has 92 valence electrons. The van der Waals surface area contributed by atoms with Crippen molar-refractivity contribution in [1.82, 2.24) is 4.90 Å². The minimum Gasteiger partial charge on any atom is -0.481 e. The fourth-order valence-corrected chi connectivity index (χ4v) is 2.24. The molecule has 1 rings (SSSR count). The highest BCUT2D eigenvalue weighted by Gasteiger charge is 2.26. The van der Waals surface area contributed by atoms with Crippen LogP contribution in [0.25, 0.3) is 0 Å². The minimum atomic E-state index is -0.826. The zero-order chi connectivity index (χ0) is 12.1. The van der Waals surface area contributed by atoms with E-state index >= 15 is 0 Å². The molecule has 0 saturated heterocycles. The largest absolute Gasteiger partial charge is 0.481 e. The summed E-state index contributed by atoms with van der Waals surface area (Å²) in [5, 5.41) is 8.86. The lowest BCUT2D eigenvalue weighted by Gasteiger charge is -2.28. The molecule has 1 atom stereocenters. The maximum Gasteiger partial charge on any atom is 0.307 e. The second-order valence-electron chi connectivity index (χ2n) is 4.57. The van der Waals surface area contributed by atoms with Crippen LogP contribution in [0.3, 0.4) is 0 Å². The van der Waals surface area contributed by atoms with Crippen molar-refractivity contribution >= 4 is 11.9 Å². The number of nitrogens with two attached hydrogens (primary N) is 1. The third-order valence-corrected chi connectivity index (χ3v) is 3.13. The molecule has 1 saturated carbocycles. The summed E-state index contributed by atoms with van der Waals surface area (Å²) in [5.74, 6) is -1.67. The normalized spacial score (nSPS) is 18.9. The van der Waals surface area contributed by atoms with Crippen molar-refractivity contribution in [3.63, 3.8) is 0 Å². The molecule has 1 fully saturated rings. The predicted molar refractivity (Wildman–Crippen MR) is 59.8 cm³/mol. The Bertz CT molecular complexity index is 262. The third-order valence-electron chi connectivity index (χ3n) is 3.13. The van der Waals surface area contributed by atoms with Crippen LogP contribution >= 0.6 is 0 Å². The molecule has 16 heavy (non-hydrogen) atoms. The maximum absolute atomic E-state index is 11.0. The quantitative estimate of drug-likeness (QED) is 0.691. The molecule has 1 amide bonds. The first-order valence-electron chi connectivity index (χ1n) is 5.76. The van der Waals surface area contributed by atoms with Gasteiger partial charge in [0.25, 0.3) is 0 Å². The van der Waals surface area contributed by atoms with E-state index in [0.29, 0.717) is 12.6 Å². The molecule has 3 N–H and O–H groups in total. The van der Waals surface area contributed by atoms with Crippen molar-refractivity contribution in [3.8, 4) is 0 Å². The van der Waals surface area contributed by atoms with Crippen LogP contribution < -0.4 is 5.73 Å². The summed E-state index contributed by atoms with van der Waals surface area (Å²) in [4.78, 5) is 23.7. The first kappa shape index (κ1) is 13.0. The van der Waals surface area contributed by atoms with Crippen LogP contribution in [-0.4, -0.2) is 41.0 Å². The van der Waals surface area contributed by atoms with Crippen LogP contribution in [-0.2, 0) is 9.59 Å². The van der Waals surface area contributed by atoms with E-state index in [1.165, 1.54) is 0 Å². The number of hydrogen-bond acceptors (Lipinski definition) is 3. The molecule has 5 heteroatoms. The molecule has 0 radical (unpaired) electrons. The van der Waals surface area contributed by atoms with Gasteiger partial charge in [0, 0.05) is 12.6 Å². The maximum atomic E-state index is 11.0. The van der Waals surface area contributed by atoms with Gasteiger partial charge in [0.1, 0.15) is 0 Å². The van der Waals surface area contributed by atoms with Gasteiger partial charge in [-0.15, -0.1) is 0 Å². The molecule has 1 unspecified atom stereocenters. The fourth-order valence-electron chi connectivity index (χ4n) is 2.24. The zero-order valence-corrected chi connectivity index (χ0v) is 9.69. The van der Waals surface area contributed by atoms with Crippen LogP contribution in [0.15, 0.2) is 0 Å². The zero-order valence-electron chi connectivity index (χ0n) is 9.69. The average molecular weight is 228 g/mol. The summed E-state index contributed by atoms with van der Waals surface area (Å²) in [6, 6.07) is 0.328. The van der Waals surface area contributed by atoms with Crippen LogP contribution in [0.2, 0.25) is 0 Å². The molecule has 1 aliphatic rings. The average Bonchev–Trinajstić information content (AvgIpc) is 2.68. The summed E-state index contributed by atoms with van der Waals surface area (Å²) in [5.41, 5.74) is 5.18. The van der Waals surface area contributed by atoms with Gasteiger partial charge in [-0.3, -0.25) is 14.5 Å². The minimum absolute atomic E-state index is 0.169. The number of carboxylic acid groups (broad SMARTS) is 1. The van der Waals surface area contributed by atoms with Crippen molar-refractivity contribution in [3.05, 3.63) is 0 Å². The first-order chi connectivity index (χ1) is 7.50.